The van der Waals surface area contributed by atoms with Crippen LogP contribution in [-0.2, 0) is 26.3 Å². The predicted molar refractivity (Wildman–Crippen MR) is 110 cm³/mol. The van der Waals surface area contributed by atoms with Crippen molar-refractivity contribution in [1.29, 1.82) is 0 Å². The summed E-state index contributed by atoms with van der Waals surface area (Å²) >= 11 is 0. The molecule has 0 bridgehead atoms. The maximum Gasteiger partial charge on any atom is 0.264 e. The molecule has 1 atom stereocenters. The summed E-state index contributed by atoms with van der Waals surface area (Å²) in [5.74, 6) is -2.92. The summed E-state index contributed by atoms with van der Waals surface area (Å²) in [5.41, 5.74) is 0.780. The zero-order valence-electron chi connectivity index (χ0n) is 17.8. The Labute approximate surface area is 183 Å². The fraction of sp³-hybridized carbons (Fsp3) is 0.381. The molecular formula is C21H22N6O5. The second-order valence-electron chi connectivity index (χ2n) is 8.77. The molecule has 1 unspecified atom stereocenters. The zero-order valence-corrected chi connectivity index (χ0v) is 17.8. The van der Waals surface area contributed by atoms with Crippen molar-refractivity contribution in [3.63, 3.8) is 0 Å². The highest BCUT2D eigenvalue weighted by Gasteiger charge is 2.45. The third kappa shape index (κ3) is 3.77. The van der Waals surface area contributed by atoms with Gasteiger partial charge < -0.3 is 5.32 Å². The van der Waals surface area contributed by atoms with Crippen LogP contribution < -0.4 is 10.6 Å². The van der Waals surface area contributed by atoms with Crippen molar-refractivity contribution in [3.8, 4) is 0 Å². The number of nitrogens with one attached hydrogen (secondary N) is 2. The lowest BCUT2D eigenvalue weighted by Gasteiger charge is -2.27. The van der Waals surface area contributed by atoms with E-state index in [9.17, 15) is 24.0 Å². The van der Waals surface area contributed by atoms with E-state index in [-0.39, 0.29) is 41.6 Å². The first-order chi connectivity index (χ1) is 15.1. The minimum Gasteiger partial charge on any atom is -0.324 e. The molecule has 166 valence electrons. The summed E-state index contributed by atoms with van der Waals surface area (Å²) in [6.07, 6.45) is 1.76. The van der Waals surface area contributed by atoms with Gasteiger partial charge in [0.15, 0.2) is 0 Å². The van der Waals surface area contributed by atoms with E-state index < -0.39 is 35.6 Å². The van der Waals surface area contributed by atoms with Crippen molar-refractivity contribution in [2.75, 3.05) is 5.32 Å². The Morgan fingerprint density at radius 1 is 1.19 bits per heavy atom. The number of fused-ring (bicyclic) bond motifs is 1. The standard InChI is InChI=1S/C21H22N6O5/c1-21(2,3)14-9-26(25-24-14)10-16(29)22-12-6-4-5-11-17(12)20(32)27(19(11)31)13-7-8-15(28)23-18(13)30/h4-6,9,13H,7-8,10H2,1-3H3,(H,22,29)(H,23,28,30). The highest BCUT2D eigenvalue weighted by Crippen LogP contribution is 2.32. The Kier molecular flexibility index (Phi) is 5.11. The van der Waals surface area contributed by atoms with Crippen molar-refractivity contribution in [2.24, 2.45) is 0 Å². The van der Waals surface area contributed by atoms with Crippen LogP contribution in [0.2, 0.25) is 0 Å². The molecule has 2 aliphatic rings. The van der Waals surface area contributed by atoms with Crippen LogP contribution in [0.4, 0.5) is 5.69 Å². The molecule has 0 spiro atoms. The number of rotatable bonds is 4. The van der Waals surface area contributed by atoms with Gasteiger partial charge in [-0.2, -0.15) is 0 Å². The van der Waals surface area contributed by atoms with E-state index in [1.54, 1.807) is 12.3 Å². The SMILES string of the molecule is CC(C)(C)c1cn(CC(=O)Nc2cccc3c2C(=O)N(C2CCC(=O)NC2=O)C3=O)nn1. The lowest BCUT2D eigenvalue weighted by Crippen LogP contribution is -2.54. The van der Waals surface area contributed by atoms with Gasteiger partial charge in [-0.3, -0.25) is 34.2 Å². The van der Waals surface area contributed by atoms with Crippen LogP contribution in [0, 0.1) is 0 Å². The van der Waals surface area contributed by atoms with Gasteiger partial charge in [0.05, 0.1) is 22.5 Å². The number of piperidine rings is 1. The van der Waals surface area contributed by atoms with Crippen LogP contribution in [0.3, 0.4) is 0 Å². The fourth-order valence-corrected chi connectivity index (χ4v) is 3.68. The summed E-state index contributed by atoms with van der Waals surface area (Å²) in [4.78, 5) is 63.0. The Morgan fingerprint density at radius 2 is 1.94 bits per heavy atom. The number of hydrogen-bond acceptors (Lipinski definition) is 7. The van der Waals surface area contributed by atoms with Crippen molar-refractivity contribution in [2.45, 2.75) is 51.6 Å². The quantitative estimate of drug-likeness (QED) is 0.666. The normalized spacial score (nSPS) is 18.6. The van der Waals surface area contributed by atoms with E-state index in [2.05, 4.69) is 20.9 Å². The van der Waals surface area contributed by atoms with Crippen LogP contribution in [0.25, 0.3) is 0 Å². The number of nitrogens with zero attached hydrogens (tertiary/aromatic N) is 4. The highest BCUT2D eigenvalue weighted by atomic mass is 16.2. The van der Waals surface area contributed by atoms with Gasteiger partial charge in [-0.1, -0.05) is 32.1 Å². The van der Waals surface area contributed by atoms with Crippen LogP contribution in [0.1, 0.15) is 60.0 Å². The average molecular weight is 438 g/mol. The monoisotopic (exact) mass is 438 g/mol. The third-order valence-electron chi connectivity index (χ3n) is 5.35. The number of anilines is 1. The van der Waals surface area contributed by atoms with Crippen LogP contribution in [-0.4, -0.2) is 55.5 Å². The molecule has 2 aliphatic heterocycles. The van der Waals surface area contributed by atoms with E-state index in [1.807, 2.05) is 20.8 Å². The number of amides is 5. The molecule has 0 saturated carbocycles. The van der Waals surface area contributed by atoms with Crippen molar-refractivity contribution in [1.82, 2.24) is 25.2 Å². The van der Waals surface area contributed by atoms with E-state index >= 15 is 0 Å². The van der Waals surface area contributed by atoms with Gasteiger partial charge in [-0.05, 0) is 18.6 Å². The average Bonchev–Trinajstić information content (AvgIpc) is 3.27. The largest absolute Gasteiger partial charge is 0.324 e. The van der Waals surface area contributed by atoms with Gasteiger partial charge in [0.1, 0.15) is 12.6 Å². The molecular weight excluding hydrogens is 416 g/mol. The number of aromatic nitrogens is 3. The molecule has 1 aromatic heterocycles. The fourth-order valence-electron chi connectivity index (χ4n) is 3.68. The van der Waals surface area contributed by atoms with Crippen molar-refractivity contribution >= 4 is 35.2 Å². The lowest BCUT2D eigenvalue weighted by molar-refractivity contribution is -0.136. The zero-order chi connectivity index (χ0) is 23.2. The Bertz CT molecular complexity index is 1160. The first-order valence-electron chi connectivity index (χ1n) is 10.1. The van der Waals surface area contributed by atoms with Gasteiger partial charge in [0, 0.05) is 18.0 Å². The molecule has 1 saturated heterocycles. The summed E-state index contributed by atoms with van der Waals surface area (Å²) < 4.78 is 1.39. The molecule has 0 aliphatic carbocycles. The smallest absolute Gasteiger partial charge is 0.264 e. The minimum absolute atomic E-state index is 0.0181. The van der Waals surface area contributed by atoms with Gasteiger partial charge in [-0.15, -0.1) is 5.10 Å². The maximum absolute atomic E-state index is 13.1. The first-order valence-corrected chi connectivity index (χ1v) is 10.1. The third-order valence-corrected chi connectivity index (χ3v) is 5.35. The van der Waals surface area contributed by atoms with E-state index in [1.165, 1.54) is 16.8 Å². The molecule has 4 rings (SSSR count). The summed E-state index contributed by atoms with van der Waals surface area (Å²) in [6, 6.07) is 3.44. The van der Waals surface area contributed by atoms with Gasteiger partial charge >= 0.3 is 0 Å². The molecule has 3 heterocycles. The number of benzene rings is 1. The molecule has 11 nitrogen and oxygen atoms in total. The predicted octanol–water partition coefficient (Wildman–Crippen LogP) is 0.616. The molecule has 2 aromatic rings. The first kappa shape index (κ1) is 21.3. The highest BCUT2D eigenvalue weighted by molar-refractivity contribution is 6.26. The topological polar surface area (TPSA) is 143 Å². The number of hydrogen-bond donors (Lipinski definition) is 2. The molecule has 32 heavy (non-hydrogen) atoms. The maximum atomic E-state index is 13.1. The number of carbonyl (C=O) groups excluding carboxylic acids is 5. The summed E-state index contributed by atoms with van der Waals surface area (Å²) in [7, 11) is 0. The van der Waals surface area contributed by atoms with E-state index in [4.69, 9.17) is 0 Å². The Balaban J connectivity index is 1.54. The van der Waals surface area contributed by atoms with Crippen LogP contribution in [0.5, 0.6) is 0 Å². The molecule has 5 amide bonds. The van der Waals surface area contributed by atoms with Gasteiger partial charge in [0.2, 0.25) is 17.7 Å². The number of imide groups is 2. The van der Waals surface area contributed by atoms with E-state index in [0.29, 0.717) is 0 Å². The Morgan fingerprint density at radius 3 is 2.59 bits per heavy atom. The lowest BCUT2D eigenvalue weighted by atomic mass is 9.93. The van der Waals surface area contributed by atoms with Gasteiger partial charge in [-0.25, -0.2) is 4.68 Å². The second-order valence-corrected chi connectivity index (χ2v) is 8.77. The Hall–Kier alpha value is -3.89. The molecule has 2 N–H and O–H groups in total. The second kappa shape index (κ2) is 7.66. The van der Waals surface area contributed by atoms with E-state index in [0.717, 1.165) is 10.6 Å². The molecule has 1 fully saturated rings. The van der Waals surface area contributed by atoms with Crippen LogP contribution >= 0.6 is 0 Å². The van der Waals surface area contributed by atoms with Gasteiger partial charge in [0.25, 0.3) is 11.8 Å². The summed E-state index contributed by atoms with van der Waals surface area (Å²) in [5, 5.41) is 12.8. The summed E-state index contributed by atoms with van der Waals surface area (Å²) in [6.45, 7) is 5.80. The number of carbonyl (C=O) groups is 5. The molecule has 1 aromatic carbocycles. The van der Waals surface area contributed by atoms with Crippen molar-refractivity contribution < 1.29 is 24.0 Å². The van der Waals surface area contributed by atoms with Crippen molar-refractivity contribution in [3.05, 3.63) is 41.2 Å². The molecule has 0 radical (unpaired) electrons. The van der Waals surface area contributed by atoms with Crippen LogP contribution in [0.15, 0.2) is 24.4 Å². The minimum atomic E-state index is -1.07. The molecule has 11 heteroatoms.